The van der Waals surface area contributed by atoms with Gasteiger partial charge in [0.05, 0.1) is 12.4 Å². The summed E-state index contributed by atoms with van der Waals surface area (Å²) >= 11 is 5.76. The molecule has 1 N–H and O–H groups in total. The van der Waals surface area contributed by atoms with Gasteiger partial charge < -0.3 is 5.11 Å². The fourth-order valence-corrected chi connectivity index (χ4v) is 1.18. The third kappa shape index (κ3) is 1.48. The van der Waals surface area contributed by atoms with Crippen molar-refractivity contribution in [3.63, 3.8) is 0 Å². The van der Waals surface area contributed by atoms with Crippen LogP contribution in [0.25, 0.3) is 5.69 Å². The van der Waals surface area contributed by atoms with Gasteiger partial charge in [-0.1, -0.05) is 16.8 Å². The molecule has 13 heavy (non-hydrogen) atoms. The fraction of sp³-hybridized carbons (Fsp3) is 0. The van der Waals surface area contributed by atoms with E-state index in [-0.39, 0.29) is 5.75 Å². The standard InChI is InChI=1S/C8H6ClN3O/c9-6-1-2-8(13)7(5-6)12-4-3-10-11-12/h1-5,13H. The molecule has 0 saturated heterocycles. The summed E-state index contributed by atoms with van der Waals surface area (Å²) in [6.45, 7) is 0. The molecule has 0 bridgehead atoms. The van der Waals surface area contributed by atoms with Crippen LogP contribution >= 0.6 is 11.6 Å². The van der Waals surface area contributed by atoms with E-state index >= 15 is 0 Å². The van der Waals surface area contributed by atoms with E-state index in [1.807, 2.05) is 0 Å². The van der Waals surface area contributed by atoms with Gasteiger partial charge in [0.15, 0.2) is 0 Å². The summed E-state index contributed by atoms with van der Waals surface area (Å²) in [6.07, 6.45) is 3.16. The first kappa shape index (κ1) is 8.07. The van der Waals surface area contributed by atoms with E-state index in [1.165, 1.54) is 16.9 Å². The second-order valence-electron chi connectivity index (χ2n) is 2.48. The van der Waals surface area contributed by atoms with Crippen LogP contribution in [0.5, 0.6) is 5.75 Å². The summed E-state index contributed by atoms with van der Waals surface area (Å²) in [5.74, 6) is 0.120. The molecule has 0 aliphatic carbocycles. The molecule has 0 unspecified atom stereocenters. The van der Waals surface area contributed by atoms with Crippen molar-refractivity contribution in [1.82, 2.24) is 15.0 Å². The molecule has 2 rings (SSSR count). The maximum absolute atomic E-state index is 9.46. The molecule has 0 fully saturated rings. The zero-order valence-corrected chi connectivity index (χ0v) is 7.31. The van der Waals surface area contributed by atoms with Crippen LogP contribution in [0.2, 0.25) is 5.02 Å². The van der Waals surface area contributed by atoms with Crippen LogP contribution in [-0.2, 0) is 0 Å². The van der Waals surface area contributed by atoms with Crippen LogP contribution in [0.15, 0.2) is 30.6 Å². The lowest BCUT2D eigenvalue weighted by Crippen LogP contribution is -1.95. The third-order valence-electron chi connectivity index (χ3n) is 1.61. The van der Waals surface area contributed by atoms with Crippen LogP contribution in [0, 0.1) is 0 Å². The molecular formula is C8H6ClN3O. The molecular weight excluding hydrogens is 190 g/mol. The molecule has 0 aliphatic rings. The van der Waals surface area contributed by atoms with Gasteiger partial charge in [-0.25, -0.2) is 4.68 Å². The Morgan fingerprint density at radius 2 is 2.23 bits per heavy atom. The molecule has 0 atom stereocenters. The van der Waals surface area contributed by atoms with E-state index in [0.717, 1.165) is 0 Å². The molecule has 66 valence electrons. The van der Waals surface area contributed by atoms with Crippen molar-refractivity contribution in [1.29, 1.82) is 0 Å². The molecule has 0 saturated carbocycles. The Morgan fingerprint density at radius 3 is 2.92 bits per heavy atom. The normalized spacial score (nSPS) is 10.2. The zero-order chi connectivity index (χ0) is 9.26. The minimum Gasteiger partial charge on any atom is -0.506 e. The maximum atomic E-state index is 9.46. The van der Waals surface area contributed by atoms with Crippen molar-refractivity contribution in [3.8, 4) is 11.4 Å². The highest BCUT2D eigenvalue weighted by molar-refractivity contribution is 6.30. The molecule has 4 nitrogen and oxygen atoms in total. The quantitative estimate of drug-likeness (QED) is 0.753. The van der Waals surface area contributed by atoms with E-state index in [4.69, 9.17) is 11.6 Å². The van der Waals surface area contributed by atoms with Crippen molar-refractivity contribution in [3.05, 3.63) is 35.6 Å². The molecule has 0 spiro atoms. The molecule has 1 aromatic heterocycles. The van der Waals surface area contributed by atoms with Gasteiger partial charge >= 0.3 is 0 Å². The summed E-state index contributed by atoms with van der Waals surface area (Å²) in [5.41, 5.74) is 0.519. The summed E-state index contributed by atoms with van der Waals surface area (Å²) in [7, 11) is 0. The first-order valence-electron chi connectivity index (χ1n) is 3.62. The van der Waals surface area contributed by atoms with E-state index in [1.54, 1.807) is 18.3 Å². The lowest BCUT2D eigenvalue weighted by molar-refractivity contribution is 0.470. The topological polar surface area (TPSA) is 50.9 Å². The zero-order valence-electron chi connectivity index (χ0n) is 6.55. The van der Waals surface area contributed by atoms with Crippen LogP contribution < -0.4 is 0 Å². The van der Waals surface area contributed by atoms with Gasteiger partial charge in [0, 0.05) is 5.02 Å². The number of aromatic hydroxyl groups is 1. The number of benzene rings is 1. The summed E-state index contributed by atoms with van der Waals surface area (Å²) in [6, 6.07) is 4.74. The van der Waals surface area contributed by atoms with E-state index in [0.29, 0.717) is 10.7 Å². The second-order valence-corrected chi connectivity index (χ2v) is 2.92. The Bertz CT molecular complexity index is 413. The Hall–Kier alpha value is -1.55. The number of halogens is 1. The fourth-order valence-electron chi connectivity index (χ4n) is 1.02. The minimum atomic E-state index is 0.120. The number of aromatic nitrogens is 3. The lowest BCUT2D eigenvalue weighted by Gasteiger charge is -2.02. The summed E-state index contributed by atoms with van der Waals surface area (Å²) in [5, 5.41) is 17.4. The Labute approximate surface area is 79.4 Å². The lowest BCUT2D eigenvalue weighted by atomic mass is 10.3. The van der Waals surface area contributed by atoms with Gasteiger partial charge in [0.2, 0.25) is 0 Å². The average molecular weight is 196 g/mol. The van der Waals surface area contributed by atoms with Crippen LogP contribution in [0.1, 0.15) is 0 Å². The highest BCUT2D eigenvalue weighted by Crippen LogP contribution is 2.23. The number of nitrogens with zero attached hydrogens (tertiary/aromatic N) is 3. The monoisotopic (exact) mass is 195 g/mol. The van der Waals surface area contributed by atoms with Crippen molar-refractivity contribution in [2.75, 3.05) is 0 Å². The molecule has 1 heterocycles. The predicted octanol–water partition coefficient (Wildman–Crippen LogP) is 1.63. The molecule has 2 aromatic rings. The number of rotatable bonds is 1. The van der Waals surface area contributed by atoms with Gasteiger partial charge in [-0.3, -0.25) is 0 Å². The summed E-state index contributed by atoms with van der Waals surface area (Å²) < 4.78 is 1.45. The van der Waals surface area contributed by atoms with Crippen molar-refractivity contribution in [2.45, 2.75) is 0 Å². The van der Waals surface area contributed by atoms with E-state index in [2.05, 4.69) is 10.3 Å². The molecule has 0 aliphatic heterocycles. The molecule has 0 amide bonds. The first-order chi connectivity index (χ1) is 6.27. The minimum absolute atomic E-state index is 0.120. The average Bonchev–Trinajstić information content (AvgIpc) is 2.61. The van der Waals surface area contributed by atoms with Crippen molar-refractivity contribution < 1.29 is 5.11 Å². The van der Waals surface area contributed by atoms with Gasteiger partial charge in [0.1, 0.15) is 11.4 Å². The number of phenols is 1. The van der Waals surface area contributed by atoms with Gasteiger partial charge in [0.25, 0.3) is 0 Å². The first-order valence-corrected chi connectivity index (χ1v) is 4.00. The van der Waals surface area contributed by atoms with Crippen LogP contribution in [-0.4, -0.2) is 20.1 Å². The van der Waals surface area contributed by atoms with E-state index < -0.39 is 0 Å². The highest BCUT2D eigenvalue weighted by Gasteiger charge is 2.04. The van der Waals surface area contributed by atoms with E-state index in [9.17, 15) is 5.11 Å². The van der Waals surface area contributed by atoms with Gasteiger partial charge in [-0.15, -0.1) is 5.10 Å². The van der Waals surface area contributed by atoms with Crippen LogP contribution in [0.4, 0.5) is 0 Å². The van der Waals surface area contributed by atoms with Gasteiger partial charge in [-0.05, 0) is 18.2 Å². The Morgan fingerprint density at radius 1 is 1.38 bits per heavy atom. The summed E-state index contributed by atoms with van der Waals surface area (Å²) in [4.78, 5) is 0. The smallest absolute Gasteiger partial charge is 0.141 e. The predicted molar refractivity (Wildman–Crippen MR) is 48.0 cm³/mol. The van der Waals surface area contributed by atoms with Crippen molar-refractivity contribution in [2.24, 2.45) is 0 Å². The molecule has 5 heteroatoms. The van der Waals surface area contributed by atoms with Gasteiger partial charge in [-0.2, -0.15) is 0 Å². The number of hydrogen-bond acceptors (Lipinski definition) is 3. The highest BCUT2D eigenvalue weighted by atomic mass is 35.5. The molecule has 1 aromatic carbocycles. The molecule has 0 radical (unpaired) electrons. The Balaban J connectivity index is 2.57. The number of phenolic OH excluding ortho intramolecular Hbond substituents is 1. The Kier molecular flexibility index (Phi) is 1.90. The largest absolute Gasteiger partial charge is 0.506 e. The van der Waals surface area contributed by atoms with Crippen LogP contribution in [0.3, 0.4) is 0 Å². The third-order valence-corrected chi connectivity index (χ3v) is 1.84. The maximum Gasteiger partial charge on any atom is 0.141 e. The SMILES string of the molecule is Oc1ccc(Cl)cc1-n1ccnn1. The van der Waals surface area contributed by atoms with Crippen molar-refractivity contribution >= 4 is 11.6 Å². The number of hydrogen-bond donors (Lipinski definition) is 1. The second kappa shape index (κ2) is 3.06.